The minimum absolute atomic E-state index is 0.129. The lowest BCUT2D eigenvalue weighted by atomic mass is 10.2. The fourth-order valence-corrected chi connectivity index (χ4v) is 1.68. The Morgan fingerprint density at radius 2 is 2.11 bits per heavy atom. The molecule has 6 heteroatoms. The van der Waals surface area contributed by atoms with Crippen LogP contribution in [0.3, 0.4) is 0 Å². The maximum Gasteiger partial charge on any atom is 0.387 e. The predicted molar refractivity (Wildman–Crippen MR) is 66.1 cm³/mol. The summed E-state index contributed by atoms with van der Waals surface area (Å²) >= 11 is 5.81. The first-order chi connectivity index (χ1) is 8.63. The molecule has 0 aliphatic heterocycles. The van der Waals surface area contributed by atoms with Crippen LogP contribution in [0, 0.1) is 0 Å². The van der Waals surface area contributed by atoms with Crippen LogP contribution in [0.4, 0.5) is 8.78 Å². The van der Waals surface area contributed by atoms with Crippen LogP contribution < -0.4 is 10.1 Å². The lowest BCUT2D eigenvalue weighted by Gasteiger charge is -2.11. The highest BCUT2D eigenvalue weighted by molar-refractivity contribution is 6.30. The molecule has 0 saturated heterocycles. The quantitative estimate of drug-likeness (QED) is 0.719. The topological polar surface area (TPSA) is 41.5 Å². The molecule has 0 bridgehead atoms. The second-order valence-corrected chi connectivity index (χ2v) is 4.17. The summed E-state index contributed by atoms with van der Waals surface area (Å²) in [5.41, 5.74) is 0.590. The van der Waals surface area contributed by atoms with E-state index in [1.54, 1.807) is 6.07 Å². The number of hydrogen-bond donors (Lipinski definition) is 2. The van der Waals surface area contributed by atoms with Gasteiger partial charge in [-0.3, -0.25) is 0 Å². The van der Waals surface area contributed by atoms with Crippen LogP contribution >= 0.6 is 11.6 Å². The first-order valence-electron chi connectivity index (χ1n) is 5.68. The van der Waals surface area contributed by atoms with Gasteiger partial charge in [-0.2, -0.15) is 8.78 Å². The Kier molecular flexibility index (Phi) is 6.93. The van der Waals surface area contributed by atoms with Crippen LogP contribution in [0.5, 0.6) is 5.75 Å². The Hall–Kier alpha value is -0.910. The normalized spacial score (nSPS) is 10.9. The molecule has 0 spiro atoms. The Balaban J connectivity index is 2.53. The lowest BCUT2D eigenvalue weighted by Crippen LogP contribution is -2.16. The summed E-state index contributed by atoms with van der Waals surface area (Å²) in [5, 5.41) is 12.2. The van der Waals surface area contributed by atoms with Crippen molar-refractivity contribution >= 4 is 11.6 Å². The van der Waals surface area contributed by atoms with Gasteiger partial charge in [-0.15, -0.1) is 0 Å². The molecule has 0 fully saturated rings. The minimum atomic E-state index is -2.85. The number of halogens is 3. The number of rotatable bonds is 8. The van der Waals surface area contributed by atoms with E-state index in [0.717, 1.165) is 6.42 Å². The molecule has 0 atom stereocenters. The highest BCUT2D eigenvalue weighted by atomic mass is 35.5. The number of alkyl halides is 2. The average Bonchev–Trinajstić information content (AvgIpc) is 2.31. The van der Waals surface area contributed by atoms with E-state index in [9.17, 15) is 8.78 Å². The van der Waals surface area contributed by atoms with Crippen molar-refractivity contribution in [1.82, 2.24) is 5.32 Å². The van der Waals surface area contributed by atoms with Gasteiger partial charge in [-0.05, 0) is 37.6 Å². The van der Waals surface area contributed by atoms with Crippen molar-refractivity contribution in [3.05, 3.63) is 28.8 Å². The maximum atomic E-state index is 12.2. The molecular weight excluding hydrogens is 264 g/mol. The SMILES string of the molecule is OCCCCNCc1cc(Cl)ccc1OC(F)F. The van der Waals surface area contributed by atoms with Gasteiger partial charge >= 0.3 is 6.61 Å². The van der Waals surface area contributed by atoms with E-state index in [4.69, 9.17) is 16.7 Å². The number of benzene rings is 1. The average molecular weight is 280 g/mol. The van der Waals surface area contributed by atoms with Crippen LogP contribution in [-0.2, 0) is 6.54 Å². The smallest absolute Gasteiger partial charge is 0.387 e. The molecule has 18 heavy (non-hydrogen) atoms. The summed E-state index contributed by atoms with van der Waals surface area (Å²) in [5.74, 6) is 0.129. The fourth-order valence-electron chi connectivity index (χ4n) is 1.48. The zero-order valence-electron chi connectivity index (χ0n) is 9.83. The minimum Gasteiger partial charge on any atom is -0.434 e. The van der Waals surface area contributed by atoms with Gasteiger partial charge < -0.3 is 15.2 Å². The Morgan fingerprint density at radius 1 is 1.33 bits per heavy atom. The molecule has 0 aliphatic carbocycles. The van der Waals surface area contributed by atoms with E-state index >= 15 is 0 Å². The van der Waals surface area contributed by atoms with Crippen LogP contribution in [0.1, 0.15) is 18.4 Å². The molecule has 0 radical (unpaired) electrons. The molecule has 0 heterocycles. The second kappa shape index (κ2) is 8.24. The third-order valence-electron chi connectivity index (χ3n) is 2.32. The Bertz CT molecular complexity index is 364. The summed E-state index contributed by atoms with van der Waals surface area (Å²) in [6.07, 6.45) is 1.53. The third-order valence-corrected chi connectivity index (χ3v) is 2.55. The van der Waals surface area contributed by atoms with Gasteiger partial charge in [0.2, 0.25) is 0 Å². The van der Waals surface area contributed by atoms with Crippen molar-refractivity contribution in [3.63, 3.8) is 0 Å². The van der Waals surface area contributed by atoms with E-state index in [2.05, 4.69) is 10.1 Å². The molecule has 1 aromatic rings. The van der Waals surface area contributed by atoms with Gasteiger partial charge in [-0.25, -0.2) is 0 Å². The van der Waals surface area contributed by atoms with Crippen LogP contribution in [0.2, 0.25) is 5.02 Å². The van der Waals surface area contributed by atoms with E-state index < -0.39 is 6.61 Å². The van der Waals surface area contributed by atoms with Gasteiger partial charge in [0.1, 0.15) is 5.75 Å². The lowest BCUT2D eigenvalue weighted by molar-refractivity contribution is -0.0504. The fraction of sp³-hybridized carbons (Fsp3) is 0.500. The van der Waals surface area contributed by atoms with Gasteiger partial charge in [0.25, 0.3) is 0 Å². The molecule has 0 saturated carbocycles. The Morgan fingerprint density at radius 3 is 2.78 bits per heavy atom. The molecule has 1 rings (SSSR count). The molecule has 1 aromatic carbocycles. The number of aliphatic hydroxyl groups is 1. The summed E-state index contributed by atoms with van der Waals surface area (Å²) in [6.45, 7) is -1.60. The molecule has 102 valence electrons. The van der Waals surface area contributed by atoms with Crippen molar-refractivity contribution in [2.75, 3.05) is 13.2 Å². The van der Waals surface area contributed by atoms with Crippen molar-refractivity contribution < 1.29 is 18.6 Å². The van der Waals surface area contributed by atoms with E-state index in [-0.39, 0.29) is 12.4 Å². The molecule has 0 unspecified atom stereocenters. The zero-order chi connectivity index (χ0) is 13.4. The van der Waals surface area contributed by atoms with Crippen molar-refractivity contribution in [2.24, 2.45) is 0 Å². The van der Waals surface area contributed by atoms with Crippen molar-refractivity contribution in [3.8, 4) is 5.75 Å². The van der Waals surface area contributed by atoms with Crippen LogP contribution in [-0.4, -0.2) is 24.9 Å². The molecule has 3 nitrogen and oxygen atoms in total. The summed E-state index contributed by atoms with van der Waals surface area (Å²) in [6, 6.07) is 4.53. The largest absolute Gasteiger partial charge is 0.434 e. The maximum absolute atomic E-state index is 12.2. The van der Waals surface area contributed by atoms with Crippen LogP contribution in [0.25, 0.3) is 0 Å². The van der Waals surface area contributed by atoms with Gasteiger partial charge in [-0.1, -0.05) is 11.6 Å². The number of nitrogens with one attached hydrogen (secondary N) is 1. The molecule has 2 N–H and O–H groups in total. The van der Waals surface area contributed by atoms with E-state index in [0.29, 0.717) is 30.1 Å². The first-order valence-corrected chi connectivity index (χ1v) is 6.06. The molecule has 0 amide bonds. The third kappa shape index (κ3) is 5.62. The predicted octanol–water partition coefficient (Wildman–Crippen LogP) is 2.80. The number of ether oxygens (including phenoxy) is 1. The number of aliphatic hydroxyl groups excluding tert-OH is 1. The summed E-state index contributed by atoms with van der Waals surface area (Å²) in [7, 11) is 0. The van der Waals surface area contributed by atoms with E-state index in [1.807, 2.05) is 0 Å². The van der Waals surface area contributed by atoms with E-state index in [1.165, 1.54) is 12.1 Å². The first kappa shape index (κ1) is 15.1. The van der Waals surface area contributed by atoms with Crippen molar-refractivity contribution in [2.45, 2.75) is 26.0 Å². The number of hydrogen-bond acceptors (Lipinski definition) is 3. The molecule has 0 aromatic heterocycles. The highest BCUT2D eigenvalue weighted by Crippen LogP contribution is 2.24. The van der Waals surface area contributed by atoms with Crippen molar-refractivity contribution in [1.29, 1.82) is 0 Å². The van der Waals surface area contributed by atoms with Gasteiger partial charge in [0, 0.05) is 23.7 Å². The number of unbranched alkanes of at least 4 members (excludes halogenated alkanes) is 1. The monoisotopic (exact) mass is 279 g/mol. The summed E-state index contributed by atoms with van der Waals surface area (Å²) < 4.78 is 28.8. The molecule has 0 aliphatic rings. The zero-order valence-corrected chi connectivity index (χ0v) is 10.6. The highest BCUT2D eigenvalue weighted by Gasteiger charge is 2.09. The van der Waals surface area contributed by atoms with Crippen LogP contribution in [0.15, 0.2) is 18.2 Å². The summed E-state index contributed by atoms with van der Waals surface area (Å²) in [4.78, 5) is 0. The standard InChI is InChI=1S/C12H16ClF2NO2/c13-10-3-4-11(18-12(14)15)9(7-10)8-16-5-1-2-6-17/h3-4,7,12,16-17H,1-2,5-6,8H2. The Labute approximate surface area is 110 Å². The second-order valence-electron chi connectivity index (χ2n) is 3.74. The van der Waals surface area contributed by atoms with Gasteiger partial charge in [0.15, 0.2) is 0 Å². The van der Waals surface area contributed by atoms with Gasteiger partial charge in [0.05, 0.1) is 0 Å². The molecular formula is C12H16ClF2NO2.